The average Bonchev–Trinajstić information content (AvgIpc) is 2.64. The minimum atomic E-state index is -1.60. The van der Waals surface area contributed by atoms with Crippen LogP contribution in [0.4, 0.5) is 0 Å². The molecule has 30 heavy (non-hydrogen) atoms. The molecule has 0 fully saturated rings. The van der Waals surface area contributed by atoms with Gasteiger partial charge in [-0.25, -0.2) is 4.79 Å². The van der Waals surface area contributed by atoms with Gasteiger partial charge in [-0.2, -0.15) is 0 Å². The summed E-state index contributed by atoms with van der Waals surface area (Å²) in [6.07, 6.45) is -1.95. The van der Waals surface area contributed by atoms with E-state index in [0.29, 0.717) is 0 Å². The maximum atomic E-state index is 12.4. The van der Waals surface area contributed by atoms with Gasteiger partial charge in [0, 0.05) is 6.42 Å². The van der Waals surface area contributed by atoms with Crippen LogP contribution in [-0.4, -0.2) is 87.0 Å². The number of hydrogen-bond donors (Lipinski definition) is 8. The zero-order valence-electron chi connectivity index (χ0n) is 17.0. The lowest BCUT2D eigenvalue weighted by Crippen LogP contribution is -2.60. The van der Waals surface area contributed by atoms with E-state index in [1.807, 2.05) is 0 Å². The molecule has 172 valence electrons. The zero-order valence-corrected chi connectivity index (χ0v) is 17.0. The van der Waals surface area contributed by atoms with E-state index in [4.69, 9.17) is 15.9 Å². The molecule has 0 aromatic heterocycles. The number of carboxylic acids is 2. The van der Waals surface area contributed by atoms with Gasteiger partial charge in [0.25, 0.3) is 0 Å². The number of carbonyl (C=O) groups is 5. The summed E-state index contributed by atoms with van der Waals surface area (Å²) in [5.74, 6) is -5.82. The molecule has 0 rings (SSSR count). The number of amides is 3. The van der Waals surface area contributed by atoms with Crippen LogP contribution in [0.1, 0.15) is 33.6 Å². The van der Waals surface area contributed by atoms with E-state index in [1.165, 1.54) is 6.92 Å². The Morgan fingerprint density at radius 3 is 1.80 bits per heavy atom. The maximum Gasteiger partial charge on any atom is 0.328 e. The molecule has 0 aromatic rings. The summed E-state index contributed by atoms with van der Waals surface area (Å²) in [4.78, 5) is 58.5. The highest BCUT2D eigenvalue weighted by Gasteiger charge is 2.33. The van der Waals surface area contributed by atoms with Crippen molar-refractivity contribution >= 4 is 29.7 Å². The molecule has 0 bridgehead atoms. The third-order valence-electron chi connectivity index (χ3n) is 4.11. The normalized spacial score (nSPS) is 16.0. The topological polar surface area (TPSA) is 228 Å². The molecule has 0 aliphatic carbocycles. The summed E-state index contributed by atoms with van der Waals surface area (Å²) in [6, 6.07) is -5.54. The molecular weight excluding hydrogens is 404 g/mol. The number of carboxylic acid groups (broad SMARTS) is 2. The molecule has 0 heterocycles. The summed E-state index contributed by atoms with van der Waals surface area (Å²) in [5, 5.41) is 43.1. The predicted octanol–water partition coefficient (Wildman–Crippen LogP) is -3.25. The van der Waals surface area contributed by atoms with Crippen molar-refractivity contribution in [2.45, 2.75) is 63.9 Å². The van der Waals surface area contributed by atoms with Crippen molar-refractivity contribution < 1.29 is 44.4 Å². The Kier molecular flexibility index (Phi) is 11.5. The average molecular weight is 434 g/mol. The molecule has 5 unspecified atom stereocenters. The second-order valence-corrected chi connectivity index (χ2v) is 7.08. The van der Waals surface area contributed by atoms with Gasteiger partial charge in [0.1, 0.15) is 12.1 Å². The molecule has 13 nitrogen and oxygen atoms in total. The fourth-order valence-corrected chi connectivity index (χ4v) is 2.30. The minimum Gasteiger partial charge on any atom is -0.481 e. The van der Waals surface area contributed by atoms with Crippen molar-refractivity contribution in [3.05, 3.63) is 0 Å². The van der Waals surface area contributed by atoms with Gasteiger partial charge in [-0.05, 0) is 19.3 Å². The van der Waals surface area contributed by atoms with Crippen LogP contribution in [0.3, 0.4) is 0 Å². The lowest BCUT2D eigenvalue weighted by molar-refractivity contribution is -0.145. The quantitative estimate of drug-likeness (QED) is 0.144. The summed E-state index contributed by atoms with van der Waals surface area (Å²) in [6.45, 7) is 3.47. The molecule has 5 atom stereocenters. The van der Waals surface area contributed by atoms with Crippen molar-refractivity contribution in [1.29, 1.82) is 0 Å². The molecule has 9 N–H and O–H groups in total. The van der Waals surface area contributed by atoms with Gasteiger partial charge in [0.05, 0.1) is 18.8 Å². The number of aliphatic hydroxyl groups excluding tert-OH is 2. The number of carbonyl (C=O) groups excluding carboxylic acids is 3. The van der Waals surface area contributed by atoms with E-state index in [-0.39, 0.29) is 12.8 Å². The Morgan fingerprint density at radius 1 is 0.867 bits per heavy atom. The highest BCUT2D eigenvalue weighted by molar-refractivity contribution is 5.94. The second-order valence-electron chi connectivity index (χ2n) is 7.08. The number of aliphatic carboxylic acids is 2. The highest BCUT2D eigenvalue weighted by Crippen LogP contribution is 2.05. The van der Waals surface area contributed by atoms with Gasteiger partial charge in [-0.15, -0.1) is 0 Å². The van der Waals surface area contributed by atoms with Crippen LogP contribution in [0, 0.1) is 5.92 Å². The lowest BCUT2D eigenvalue weighted by atomic mass is 10.0. The van der Waals surface area contributed by atoms with Gasteiger partial charge in [0.2, 0.25) is 17.7 Å². The number of nitrogens with two attached hydrogens (primary N) is 1. The van der Waals surface area contributed by atoms with Crippen molar-refractivity contribution in [1.82, 2.24) is 16.0 Å². The van der Waals surface area contributed by atoms with E-state index in [9.17, 15) is 34.2 Å². The van der Waals surface area contributed by atoms with E-state index >= 15 is 0 Å². The standard InChI is InChI=1S/C17H30N4O9/c1-7(2)12(16(28)21-13(8(3)23)17(29)30)20-15(27)10(6-22)19-14(26)9(18)4-5-11(24)25/h7-10,12-13,22-23H,4-6,18H2,1-3H3,(H,19,26)(H,20,27)(H,21,28)(H,24,25)(H,29,30). The third kappa shape index (κ3) is 9.15. The highest BCUT2D eigenvalue weighted by atomic mass is 16.4. The Balaban J connectivity index is 5.13. The minimum absolute atomic E-state index is 0.187. The first-order valence-electron chi connectivity index (χ1n) is 9.22. The second kappa shape index (κ2) is 12.7. The predicted molar refractivity (Wildman–Crippen MR) is 102 cm³/mol. The van der Waals surface area contributed by atoms with Gasteiger partial charge in [-0.1, -0.05) is 13.8 Å². The molecule has 0 saturated heterocycles. The molecule has 0 spiro atoms. The fraction of sp³-hybridized carbons (Fsp3) is 0.706. The van der Waals surface area contributed by atoms with Gasteiger partial charge < -0.3 is 42.1 Å². The van der Waals surface area contributed by atoms with E-state index < -0.39 is 72.5 Å². The maximum absolute atomic E-state index is 12.4. The third-order valence-corrected chi connectivity index (χ3v) is 4.11. The summed E-state index contributed by atoms with van der Waals surface area (Å²) in [5.41, 5.74) is 5.55. The van der Waals surface area contributed by atoms with Crippen molar-refractivity contribution in [3.8, 4) is 0 Å². The molecule has 0 radical (unpaired) electrons. The number of rotatable bonds is 13. The summed E-state index contributed by atoms with van der Waals surface area (Å²) < 4.78 is 0. The van der Waals surface area contributed by atoms with Crippen LogP contribution in [0.5, 0.6) is 0 Å². The fourth-order valence-electron chi connectivity index (χ4n) is 2.30. The van der Waals surface area contributed by atoms with Crippen LogP contribution in [0.2, 0.25) is 0 Å². The lowest BCUT2D eigenvalue weighted by Gasteiger charge is -2.27. The molecule has 0 aromatic carbocycles. The first-order valence-corrected chi connectivity index (χ1v) is 9.22. The SMILES string of the molecule is CC(C)C(NC(=O)C(CO)NC(=O)C(N)CCC(=O)O)C(=O)NC(C(=O)O)C(C)O. The smallest absolute Gasteiger partial charge is 0.328 e. The van der Waals surface area contributed by atoms with E-state index in [2.05, 4.69) is 16.0 Å². The first-order chi connectivity index (χ1) is 13.8. The largest absolute Gasteiger partial charge is 0.481 e. The van der Waals surface area contributed by atoms with Crippen LogP contribution in [0.15, 0.2) is 0 Å². The Labute approximate surface area is 173 Å². The van der Waals surface area contributed by atoms with Gasteiger partial charge >= 0.3 is 11.9 Å². The Bertz CT molecular complexity index is 639. The van der Waals surface area contributed by atoms with Crippen LogP contribution >= 0.6 is 0 Å². The molecule has 3 amide bonds. The Morgan fingerprint density at radius 2 is 1.40 bits per heavy atom. The van der Waals surface area contributed by atoms with E-state index in [1.54, 1.807) is 13.8 Å². The molecule has 13 heteroatoms. The number of nitrogens with one attached hydrogen (secondary N) is 3. The van der Waals surface area contributed by atoms with Gasteiger partial charge in [-0.3, -0.25) is 19.2 Å². The number of aliphatic hydroxyl groups is 2. The van der Waals surface area contributed by atoms with Crippen molar-refractivity contribution in [3.63, 3.8) is 0 Å². The van der Waals surface area contributed by atoms with E-state index in [0.717, 1.165) is 0 Å². The van der Waals surface area contributed by atoms with Crippen molar-refractivity contribution in [2.75, 3.05) is 6.61 Å². The van der Waals surface area contributed by atoms with Crippen molar-refractivity contribution in [2.24, 2.45) is 11.7 Å². The summed E-state index contributed by atoms with van der Waals surface area (Å²) >= 11 is 0. The summed E-state index contributed by atoms with van der Waals surface area (Å²) in [7, 11) is 0. The molecule has 0 aliphatic rings. The van der Waals surface area contributed by atoms with Gasteiger partial charge in [0.15, 0.2) is 6.04 Å². The van der Waals surface area contributed by atoms with Crippen LogP contribution in [-0.2, 0) is 24.0 Å². The number of hydrogen-bond acceptors (Lipinski definition) is 8. The molecule has 0 saturated carbocycles. The molecular formula is C17H30N4O9. The molecule has 0 aliphatic heterocycles. The Hall–Kier alpha value is -2.77. The van der Waals surface area contributed by atoms with Crippen LogP contribution < -0.4 is 21.7 Å². The van der Waals surface area contributed by atoms with Crippen LogP contribution in [0.25, 0.3) is 0 Å². The first kappa shape index (κ1) is 27.2. The zero-order chi connectivity index (χ0) is 23.6. The monoisotopic (exact) mass is 434 g/mol.